The van der Waals surface area contributed by atoms with Gasteiger partial charge in [0.1, 0.15) is 0 Å². The van der Waals surface area contributed by atoms with Gasteiger partial charge >= 0.3 is 6.18 Å². The van der Waals surface area contributed by atoms with Crippen LogP contribution < -0.4 is 9.47 Å². The molecule has 0 bridgehead atoms. The molecule has 2 aliphatic rings. The topological polar surface area (TPSA) is 56.6 Å². The summed E-state index contributed by atoms with van der Waals surface area (Å²) >= 11 is 0. The monoisotopic (exact) mass is 443 g/mol. The molecule has 2 aromatic carbocycles. The van der Waals surface area contributed by atoms with E-state index in [0.717, 1.165) is 23.3 Å². The van der Waals surface area contributed by atoms with E-state index in [-0.39, 0.29) is 17.6 Å². The number of hydrogen-bond donors (Lipinski definition) is 0. The van der Waals surface area contributed by atoms with Gasteiger partial charge in [0.15, 0.2) is 11.5 Å². The van der Waals surface area contributed by atoms with E-state index in [4.69, 9.17) is 9.47 Å². The molecule has 0 N–H and O–H groups in total. The predicted octanol–water partition coefficient (Wildman–Crippen LogP) is 4.20. The molecular weight excluding hydrogens is 423 g/mol. The summed E-state index contributed by atoms with van der Waals surface area (Å²) in [5, 5.41) is 4.27. The minimum atomic E-state index is -4.46. The van der Waals surface area contributed by atoms with Crippen LogP contribution in [0.5, 0.6) is 11.5 Å². The van der Waals surface area contributed by atoms with Crippen LogP contribution in [-0.2, 0) is 19.0 Å². The molecular formula is C23H20F3N3O3. The summed E-state index contributed by atoms with van der Waals surface area (Å²) in [5.41, 5.74) is 2.53. The SMILES string of the molecule is COc1cc2c(cc1OC)[C@H]1Cc3c(cnn3-c3cccc(C(F)(F)F)c3)C(=O)N1CC2. The van der Waals surface area contributed by atoms with Crippen LogP contribution >= 0.6 is 0 Å². The first-order chi connectivity index (χ1) is 15.3. The zero-order valence-electron chi connectivity index (χ0n) is 17.4. The molecule has 3 heterocycles. The summed E-state index contributed by atoms with van der Waals surface area (Å²) in [6.45, 7) is 0.542. The maximum atomic E-state index is 13.2. The fraction of sp³-hybridized carbons (Fsp3) is 0.304. The number of carbonyl (C=O) groups excluding carboxylic acids is 1. The standard InChI is InChI=1S/C23H20F3N3O3/c1-31-20-8-13-6-7-28-18(16(13)10-21(20)32-2)11-19-17(22(28)30)12-27-29(19)15-5-3-4-14(9-15)23(24,25)26/h3-5,8-10,12,18H,6-7,11H2,1-2H3/t18-/m1/s1. The third kappa shape index (κ3) is 3.11. The summed E-state index contributed by atoms with van der Waals surface area (Å²) in [6.07, 6.45) is -1.92. The Labute approximate surface area is 182 Å². The molecule has 32 heavy (non-hydrogen) atoms. The van der Waals surface area contributed by atoms with Crippen LogP contribution in [0.3, 0.4) is 0 Å². The van der Waals surface area contributed by atoms with Crippen molar-refractivity contribution in [3.63, 3.8) is 0 Å². The van der Waals surface area contributed by atoms with Gasteiger partial charge in [-0.05, 0) is 47.9 Å². The number of methoxy groups -OCH3 is 2. The van der Waals surface area contributed by atoms with Gasteiger partial charge in [0.2, 0.25) is 0 Å². The van der Waals surface area contributed by atoms with Gasteiger partial charge in [0.25, 0.3) is 5.91 Å². The van der Waals surface area contributed by atoms with Crippen LogP contribution in [0.2, 0.25) is 0 Å². The third-order valence-electron chi connectivity index (χ3n) is 6.17. The number of nitrogens with zero attached hydrogens (tertiary/aromatic N) is 3. The molecule has 1 atom stereocenters. The van der Waals surface area contributed by atoms with Gasteiger partial charge < -0.3 is 14.4 Å². The largest absolute Gasteiger partial charge is 0.493 e. The van der Waals surface area contributed by atoms with Gasteiger partial charge in [0, 0.05) is 13.0 Å². The number of amides is 1. The Hall–Kier alpha value is -3.49. The second-order valence-corrected chi connectivity index (χ2v) is 7.84. The Morgan fingerprint density at radius 2 is 1.84 bits per heavy atom. The normalized spacial score (nSPS) is 17.5. The minimum absolute atomic E-state index is 0.171. The quantitative estimate of drug-likeness (QED) is 0.609. The molecule has 1 amide bonds. The smallest absolute Gasteiger partial charge is 0.416 e. The highest BCUT2D eigenvalue weighted by Crippen LogP contribution is 2.42. The molecule has 1 aromatic heterocycles. The van der Waals surface area contributed by atoms with Crippen LogP contribution in [0.15, 0.2) is 42.6 Å². The van der Waals surface area contributed by atoms with Crippen molar-refractivity contribution < 1.29 is 27.4 Å². The molecule has 166 valence electrons. The molecule has 5 rings (SSSR count). The van der Waals surface area contributed by atoms with Crippen molar-refractivity contribution >= 4 is 5.91 Å². The van der Waals surface area contributed by atoms with Crippen molar-refractivity contribution in [1.82, 2.24) is 14.7 Å². The number of carbonyl (C=O) groups is 1. The zero-order chi connectivity index (χ0) is 22.6. The van der Waals surface area contributed by atoms with Gasteiger partial charge in [-0.15, -0.1) is 0 Å². The molecule has 3 aromatic rings. The molecule has 0 unspecified atom stereocenters. The Kier molecular flexibility index (Phi) is 4.65. The molecule has 0 spiro atoms. The predicted molar refractivity (Wildman–Crippen MR) is 109 cm³/mol. The third-order valence-corrected chi connectivity index (χ3v) is 6.17. The van der Waals surface area contributed by atoms with Crippen LogP contribution in [0.4, 0.5) is 13.2 Å². The molecule has 0 saturated heterocycles. The van der Waals surface area contributed by atoms with E-state index >= 15 is 0 Å². The Balaban J connectivity index is 1.59. The first-order valence-electron chi connectivity index (χ1n) is 10.1. The average Bonchev–Trinajstić information content (AvgIpc) is 3.22. The van der Waals surface area contributed by atoms with Crippen molar-refractivity contribution in [2.45, 2.75) is 25.1 Å². The van der Waals surface area contributed by atoms with Crippen molar-refractivity contribution in [3.8, 4) is 17.2 Å². The van der Waals surface area contributed by atoms with Gasteiger partial charge in [-0.1, -0.05) is 6.07 Å². The highest BCUT2D eigenvalue weighted by Gasteiger charge is 2.40. The zero-order valence-corrected chi connectivity index (χ0v) is 17.4. The summed E-state index contributed by atoms with van der Waals surface area (Å²) in [6, 6.07) is 8.51. The number of hydrogen-bond acceptors (Lipinski definition) is 4. The molecule has 2 aliphatic heterocycles. The maximum Gasteiger partial charge on any atom is 0.416 e. The summed E-state index contributed by atoms with van der Waals surface area (Å²) in [7, 11) is 3.13. The first-order valence-corrected chi connectivity index (χ1v) is 10.1. The molecule has 9 heteroatoms. The lowest BCUT2D eigenvalue weighted by atomic mass is 9.85. The molecule has 0 aliphatic carbocycles. The number of rotatable bonds is 3. The lowest BCUT2D eigenvalue weighted by Crippen LogP contribution is -2.44. The number of aromatic nitrogens is 2. The lowest BCUT2D eigenvalue weighted by Gasteiger charge is -2.40. The molecule has 0 saturated carbocycles. The van der Waals surface area contributed by atoms with Crippen molar-refractivity contribution in [2.24, 2.45) is 0 Å². The van der Waals surface area contributed by atoms with E-state index in [1.165, 1.54) is 16.9 Å². The number of halogens is 3. The lowest BCUT2D eigenvalue weighted by molar-refractivity contribution is -0.137. The van der Waals surface area contributed by atoms with Crippen LogP contribution in [0.25, 0.3) is 5.69 Å². The summed E-state index contributed by atoms with van der Waals surface area (Å²) in [5.74, 6) is 1.02. The molecule has 0 radical (unpaired) electrons. The number of fused-ring (bicyclic) bond motifs is 4. The summed E-state index contributed by atoms with van der Waals surface area (Å²) in [4.78, 5) is 15.0. The maximum absolute atomic E-state index is 13.2. The Bertz CT molecular complexity index is 1220. The highest BCUT2D eigenvalue weighted by molar-refractivity contribution is 5.97. The van der Waals surface area contributed by atoms with E-state index in [2.05, 4.69) is 5.10 Å². The van der Waals surface area contributed by atoms with E-state index in [1.54, 1.807) is 25.2 Å². The number of benzene rings is 2. The fourth-order valence-electron chi connectivity index (χ4n) is 4.61. The number of alkyl halides is 3. The van der Waals surface area contributed by atoms with Gasteiger partial charge in [-0.3, -0.25) is 4.79 Å². The fourth-order valence-corrected chi connectivity index (χ4v) is 4.61. The van der Waals surface area contributed by atoms with Gasteiger partial charge in [-0.25, -0.2) is 4.68 Å². The molecule has 0 fully saturated rings. The van der Waals surface area contributed by atoms with Gasteiger partial charge in [-0.2, -0.15) is 18.3 Å². The Morgan fingerprint density at radius 1 is 1.09 bits per heavy atom. The summed E-state index contributed by atoms with van der Waals surface area (Å²) < 4.78 is 51.9. The second kappa shape index (κ2) is 7.29. The van der Waals surface area contributed by atoms with E-state index in [0.29, 0.717) is 42.1 Å². The van der Waals surface area contributed by atoms with Crippen LogP contribution in [0, 0.1) is 0 Å². The number of ether oxygens (including phenoxy) is 2. The van der Waals surface area contributed by atoms with E-state index < -0.39 is 11.7 Å². The van der Waals surface area contributed by atoms with Crippen molar-refractivity contribution in [1.29, 1.82) is 0 Å². The molecule has 6 nitrogen and oxygen atoms in total. The van der Waals surface area contributed by atoms with E-state index in [1.807, 2.05) is 12.1 Å². The van der Waals surface area contributed by atoms with Crippen molar-refractivity contribution in [3.05, 3.63) is 70.5 Å². The Morgan fingerprint density at radius 3 is 2.56 bits per heavy atom. The van der Waals surface area contributed by atoms with Crippen LogP contribution in [-0.4, -0.2) is 41.4 Å². The minimum Gasteiger partial charge on any atom is -0.493 e. The van der Waals surface area contributed by atoms with E-state index in [9.17, 15) is 18.0 Å². The van der Waals surface area contributed by atoms with Crippen LogP contribution in [0.1, 0.15) is 38.8 Å². The highest BCUT2D eigenvalue weighted by atomic mass is 19.4. The van der Waals surface area contributed by atoms with Gasteiger partial charge in [0.05, 0.1) is 49.0 Å². The first kappa shape index (κ1) is 20.4. The second-order valence-electron chi connectivity index (χ2n) is 7.84. The average molecular weight is 443 g/mol. The van der Waals surface area contributed by atoms with Crippen molar-refractivity contribution in [2.75, 3.05) is 20.8 Å².